The molecule has 0 saturated carbocycles. The maximum Gasteiger partial charge on any atom is 0.292 e. The standard InChI is InChI=1S/C19H19N5O3S/c1-3-13-8-10-14(11-9-13)17-21-19(23-22-17)28-12(2)18(25)20-15-6-4-5-7-16(15)24(26)27/h4-12H,3H2,1-2H3,(H,20,25)(H,21,22,23)/t12-/m0/s1. The van der Waals surface area contributed by atoms with E-state index in [4.69, 9.17) is 0 Å². The fraction of sp³-hybridized carbons (Fsp3) is 0.211. The zero-order chi connectivity index (χ0) is 20.1. The molecule has 9 heteroatoms. The molecule has 144 valence electrons. The zero-order valence-electron chi connectivity index (χ0n) is 15.4. The zero-order valence-corrected chi connectivity index (χ0v) is 16.2. The van der Waals surface area contributed by atoms with E-state index < -0.39 is 10.2 Å². The van der Waals surface area contributed by atoms with Gasteiger partial charge in [-0.1, -0.05) is 55.1 Å². The van der Waals surface area contributed by atoms with Gasteiger partial charge in [-0.15, -0.1) is 5.10 Å². The number of amides is 1. The number of carbonyl (C=O) groups excluding carboxylic acids is 1. The summed E-state index contributed by atoms with van der Waals surface area (Å²) in [5, 5.41) is 20.6. The molecule has 2 N–H and O–H groups in total. The highest BCUT2D eigenvalue weighted by Gasteiger charge is 2.21. The Labute approximate surface area is 165 Å². The number of thioether (sulfide) groups is 1. The molecular weight excluding hydrogens is 378 g/mol. The van der Waals surface area contributed by atoms with Crippen molar-refractivity contribution >= 4 is 29.0 Å². The molecule has 0 aliphatic rings. The van der Waals surface area contributed by atoms with Crippen LogP contribution in [-0.4, -0.2) is 31.3 Å². The first-order valence-electron chi connectivity index (χ1n) is 8.70. The molecule has 0 unspecified atom stereocenters. The quantitative estimate of drug-likeness (QED) is 0.353. The van der Waals surface area contributed by atoms with Gasteiger partial charge in [0, 0.05) is 11.6 Å². The lowest BCUT2D eigenvalue weighted by Gasteiger charge is -2.10. The van der Waals surface area contributed by atoms with Gasteiger partial charge >= 0.3 is 0 Å². The van der Waals surface area contributed by atoms with Gasteiger partial charge in [0.15, 0.2) is 5.82 Å². The average Bonchev–Trinajstić information content (AvgIpc) is 3.16. The van der Waals surface area contributed by atoms with Crippen molar-refractivity contribution in [3.05, 3.63) is 64.2 Å². The van der Waals surface area contributed by atoms with Gasteiger partial charge in [0.1, 0.15) is 5.69 Å². The van der Waals surface area contributed by atoms with Gasteiger partial charge in [-0.3, -0.25) is 20.0 Å². The van der Waals surface area contributed by atoms with E-state index in [-0.39, 0.29) is 17.3 Å². The molecule has 1 aromatic heterocycles. The molecule has 3 aromatic rings. The maximum atomic E-state index is 12.4. The molecule has 0 radical (unpaired) electrons. The average molecular weight is 397 g/mol. The number of nitrogens with zero attached hydrogens (tertiary/aromatic N) is 3. The van der Waals surface area contributed by atoms with Crippen LogP contribution < -0.4 is 5.32 Å². The molecule has 0 fully saturated rings. The Morgan fingerprint density at radius 2 is 1.96 bits per heavy atom. The molecule has 0 spiro atoms. The molecule has 1 amide bonds. The number of aryl methyl sites for hydroxylation is 1. The number of nitro groups is 1. The van der Waals surface area contributed by atoms with E-state index in [9.17, 15) is 14.9 Å². The molecule has 0 bridgehead atoms. The second-order valence-electron chi connectivity index (χ2n) is 6.04. The van der Waals surface area contributed by atoms with Crippen molar-refractivity contribution in [1.82, 2.24) is 15.2 Å². The van der Waals surface area contributed by atoms with Gasteiger partial charge in [-0.2, -0.15) is 0 Å². The van der Waals surface area contributed by atoms with E-state index >= 15 is 0 Å². The highest BCUT2D eigenvalue weighted by molar-refractivity contribution is 8.00. The number of aromatic amines is 1. The van der Waals surface area contributed by atoms with Crippen LogP contribution in [0.2, 0.25) is 0 Å². The minimum atomic E-state index is -0.536. The van der Waals surface area contributed by atoms with E-state index in [0.29, 0.717) is 11.0 Å². The van der Waals surface area contributed by atoms with Crippen molar-refractivity contribution in [3.8, 4) is 11.4 Å². The van der Waals surface area contributed by atoms with Crippen LogP contribution in [0.25, 0.3) is 11.4 Å². The summed E-state index contributed by atoms with van der Waals surface area (Å²) in [5.74, 6) is 0.259. The maximum absolute atomic E-state index is 12.4. The monoisotopic (exact) mass is 397 g/mol. The van der Waals surface area contributed by atoms with Gasteiger partial charge in [0.2, 0.25) is 11.1 Å². The van der Waals surface area contributed by atoms with Gasteiger partial charge in [0.25, 0.3) is 5.69 Å². The van der Waals surface area contributed by atoms with Crippen molar-refractivity contribution < 1.29 is 9.72 Å². The summed E-state index contributed by atoms with van der Waals surface area (Å²) in [6, 6.07) is 14.0. The largest absolute Gasteiger partial charge is 0.319 e. The molecule has 0 saturated heterocycles. The van der Waals surface area contributed by atoms with E-state index in [0.717, 1.165) is 12.0 Å². The number of para-hydroxylation sites is 2. The molecule has 2 aromatic carbocycles. The molecule has 3 rings (SSSR count). The molecule has 0 aliphatic carbocycles. The van der Waals surface area contributed by atoms with Gasteiger partial charge in [-0.05, 0) is 25.0 Å². The Hall–Kier alpha value is -3.20. The van der Waals surface area contributed by atoms with Crippen molar-refractivity contribution in [1.29, 1.82) is 0 Å². The Morgan fingerprint density at radius 3 is 2.64 bits per heavy atom. The van der Waals surface area contributed by atoms with Crippen LogP contribution in [0.4, 0.5) is 11.4 Å². The predicted octanol–water partition coefficient (Wildman–Crippen LogP) is 4.06. The highest BCUT2D eigenvalue weighted by atomic mass is 32.2. The van der Waals surface area contributed by atoms with Gasteiger partial charge in [-0.25, -0.2) is 4.98 Å². The number of hydrogen-bond acceptors (Lipinski definition) is 6. The smallest absolute Gasteiger partial charge is 0.292 e. The van der Waals surface area contributed by atoms with Crippen LogP contribution >= 0.6 is 11.8 Å². The van der Waals surface area contributed by atoms with Crippen LogP contribution in [0.5, 0.6) is 0 Å². The third kappa shape index (κ3) is 4.55. The lowest BCUT2D eigenvalue weighted by Crippen LogP contribution is -2.23. The van der Waals surface area contributed by atoms with Crippen LogP contribution in [0, 0.1) is 10.1 Å². The normalized spacial score (nSPS) is 11.8. The first kappa shape index (κ1) is 19.6. The summed E-state index contributed by atoms with van der Waals surface area (Å²) < 4.78 is 0. The van der Waals surface area contributed by atoms with Gasteiger partial charge < -0.3 is 5.32 Å². The lowest BCUT2D eigenvalue weighted by atomic mass is 10.1. The topological polar surface area (TPSA) is 114 Å². The molecule has 1 heterocycles. The van der Waals surface area contributed by atoms with Crippen LogP contribution in [0.3, 0.4) is 0 Å². The summed E-state index contributed by atoms with van der Waals surface area (Å²) in [4.78, 5) is 27.4. The highest BCUT2D eigenvalue weighted by Crippen LogP contribution is 2.27. The number of benzene rings is 2. The summed E-state index contributed by atoms with van der Waals surface area (Å²) in [7, 11) is 0. The summed E-state index contributed by atoms with van der Waals surface area (Å²) in [5.41, 5.74) is 2.16. The number of carbonyl (C=O) groups is 1. The summed E-state index contributed by atoms with van der Waals surface area (Å²) >= 11 is 1.17. The number of H-pyrrole nitrogens is 1. The third-order valence-corrected chi connectivity index (χ3v) is 5.07. The third-order valence-electron chi connectivity index (χ3n) is 4.11. The van der Waals surface area contributed by atoms with E-state index in [2.05, 4.69) is 27.4 Å². The van der Waals surface area contributed by atoms with E-state index in [1.54, 1.807) is 19.1 Å². The molecule has 28 heavy (non-hydrogen) atoms. The Kier molecular flexibility index (Phi) is 6.05. The SMILES string of the molecule is CCc1ccc(-c2nc(S[C@@H](C)C(=O)Nc3ccccc3[N+](=O)[O-])n[nH]2)cc1. The second kappa shape index (κ2) is 8.66. The Bertz CT molecular complexity index is 987. The number of nitrogens with one attached hydrogen (secondary N) is 2. The van der Waals surface area contributed by atoms with Crippen LogP contribution in [-0.2, 0) is 11.2 Å². The van der Waals surface area contributed by atoms with Crippen molar-refractivity contribution in [2.24, 2.45) is 0 Å². The minimum Gasteiger partial charge on any atom is -0.319 e. The second-order valence-corrected chi connectivity index (χ2v) is 7.35. The Morgan fingerprint density at radius 1 is 1.25 bits per heavy atom. The van der Waals surface area contributed by atoms with E-state index in [1.165, 1.54) is 29.5 Å². The van der Waals surface area contributed by atoms with Crippen LogP contribution in [0.15, 0.2) is 53.7 Å². The lowest BCUT2D eigenvalue weighted by molar-refractivity contribution is -0.383. The Balaban J connectivity index is 1.66. The van der Waals surface area contributed by atoms with Crippen LogP contribution in [0.1, 0.15) is 19.4 Å². The molecule has 0 aliphatic heterocycles. The number of aromatic nitrogens is 3. The van der Waals surface area contributed by atoms with Crippen molar-refractivity contribution in [2.75, 3.05) is 5.32 Å². The molecular formula is C19H19N5O3S. The minimum absolute atomic E-state index is 0.149. The predicted molar refractivity (Wildman–Crippen MR) is 108 cm³/mol. The fourth-order valence-corrected chi connectivity index (χ4v) is 3.24. The number of nitro benzene ring substituents is 1. The first-order chi connectivity index (χ1) is 13.5. The first-order valence-corrected chi connectivity index (χ1v) is 9.58. The van der Waals surface area contributed by atoms with Gasteiger partial charge in [0.05, 0.1) is 10.2 Å². The van der Waals surface area contributed by atoms with Crippen molar-refractivity contribution in [3.63, 3.8) is 0 Å². The number of anilines is 1. The fourth-order valence-electron chi connectivity index (χ4n) is 2.51. The summed E-state index contributed by atoms with van der Waals surface area (Å²) in [6.45, 7) is 3.79. The molecule has 1 atom stereocenters. The molecule has 8 nitrogen and oxygen atoms in total. The van der Waals surface area contributed by atoms with Crippen molar-refractivity contribution in [2.45, 2.75) is 30.7 Å². The van der Waals surface area contributed by atoms with E-state index in [1.807, 2.05) is 24.3 Å². The number of rotatable bonds is 7. The number of hydrogen-bond donors (Lipinski definition) is 2. The summed E-state index contributed by atoms with van der Waals surface area (Å²) in [6.07, 6.45) is 0.962.